The van der Waals surface area contributed by atoms with Gasteiger partial charge in [-0.1, -0.05) is 15.9 Å². The largest absolute Gasteiger partial charge is 0.427 e. The summed E-state index contributed by atoms with van der Waals surface area (Å²) in [6.07, 6.45) is 0. The van der Waals surface area contributed by atoms with E-state index in [0.717, 1.165) is 10.2 Å². The third-order valence-corrected chi connectivity index (χ3v) is 3.29. The molecule has 1 aromatic rings. The average Bonchev–Trinajstić information content (AvgIpc) is 2.22. The van der Waals surface area contributed by atoms with E-state index >= 15 is 0 Å². The molecule has 0 saturated heterocycles. The van der Waals surface area contributed by atoms with Crippen LogP contribution in [0.4, 0.5) is 0 Å². The SMILES string of the molecule is CCOP(OCC)Oc1ccc(Br)cc1. The van der Waals surface area contributed by atoms with Gasteiger partial charge in [-0.05, 0) is 38.1 Å². The monoisotopic (exact) mass is 292 g/mol. The summed E-state index contributed by atoms with van der Waals surface area (Å²) >= 11 is 3.36. The van der Waals surface area contributed by atoms with E-state index < -0.39 is 8.60 Å². The maximum absolute atomic E-state index is 5.55. The van der Waals surface area contributed by atoms with Crippen LogP contribution in [0.25, 0.3) is 0 Å². The van der Waals surface area contributed by atoms with E-state index in [4.69, 9.17) is 13.6 Å². The van der Waals surface area contributed by atoms with Gasteiger partial charge in [-0.2, -0.15) is 0 Å². The minimum absolute atomic E-state index is 0.586. The maximum Gasteiger partial charge on any atom is 0.397 e. The highest BCUT2D eigenvalue weighted by atomic mass is 79.9. The highest BCUT2D eigenvalue weighted by molar-refractivity contribution is 9.10. The molecule has 1 aromatic carbocycles. The van der Waals surface area contributed by atoms with Crippen molar-refractivity contribution in [2.45, 2.75) is 13.8 Å². The molecule has 0 aliphatic carbocycles. The standard InChI is InChI=1S/C10H14BrO3P/c1-3-12-15(13-4-2)14-10-7-5-9(11)6-8-10/h5-8H,3-4H2,1-2H3. The van der Waals surface area contributed by atoms with Crippen LogP contribution in [0.2, 0.25) is 0 Å². The van der Waals surface area contributed by atoms with Gasteiger partial charge in [0.1, 0.15) is 5.75 Å². The Morgan fingerprint density at radius 2 is 1.60 bits per heavy atom. The molecular weight excluding hydrogens is 279 g/mol. The van der Waals surface area contributed by atoms with Gasteiger partial charge in [-0.25, -0.2) is 0 Å². The average molecular weight is 293 g/mol. The van der Waals surface area contributed by atoms with E-state index in [0.29, 0.717) is 13.2 Å². The van der Waals surface area contributed by atoms with Crippen LogP contribution in [-0.2, 0) is 9.05 Å². The Morgan fingerprint density at radius 1 is 1.07 bits per heavy atom. The molecule has 0 atom stereocenters. The molecule has 0 N–H and O–H groups in total. The fourth-order valence-corrected chi connectivity index (χ4v) is 2.04. The predicted octanol–water partition coefficient (Wildman–Crippen LogP) is 4.13. The smallest absolute Gasteiger partial charge is 0.397 e. The van der Waals surface area contributed by atoms with Gasteiger partial charge in [0.25, 0.3) is 0 Å². The van der Waals surface area contributed by atoms with Crippen LogP contribution in [0.3, 0.4) is 0 Å². The van der Waals surface area contributed by atoms with Crippen molar-refractivity contribution in [3.05, 3.63) is 28.7 Å². The first-order valence-electron chi connectivity index (χ1n) is 4.75. The van der Waals surface area contributed by atoms with Crippen LogP contribution >= 0.6 is 24.5 Å². The Bertz CT molecular complexity index is 273. The minimum atomic E-state index is -1.26. The molecule has 0 fully saturated rings. The molecule has 0 bridgehead atoms. The van der Waals surface area contributed by atoms with Crippen molar-refractivity contribution in [2.75, 3.05) is 13.2 Å². The molecule has 84 valence electrons. The van der Waals surface area contributed by atoms with Crippen LogP contribution < -0.4 is 4.52 Å². The molecule has 0 aliphatic heterocycles. The second kappa shape index (κ2) is 7.18. The van der Waals surface area contributed by atoms with Crippen molar-refractivity contribution in [3.63, 3.8) is 0 Å². The lowest BCUT2D eigenvalue weighted by Crippen LogP contribution is -1.96. The number of benzene rings is 1. The number of rotatable bonds is 6. The summed E-state index contributed by atoms with van der Waals surface area (Å²) in [6.45, 7) is 5.00. The number of hydrogen-bond acceptors (Lipinski definition) is 3. The van der Waals surface area contributed by atoms with Crippen molar-refractivity contribution in [3.8, 4) is 5.75 Å². The highest BCUT2D eigenvalue weighted by Crippen LogP contribution is 2.40. The lowest BCUT2D eigenvalue weighted by atomic mass is 10.3. The molecule has 5 heteroatoms. The van der Waals surface area contributed by atoms with Crippen LogP contribution in [0.15, 0.2) is 28.7 Å². The minimum Gasteiger partial charge on any atom is -0.427 e. The molecular formula is C10H14BrO3P. The van der Waals surface area contributed by atoms with E-state index in [9.17, 15) is 0 Å². The molecule has 0 aliphatic rings. The quantitative estimate of drug-likeness (QED) is 0.738. The molecule has 0 unspecified atom stereocenters. The predicted molar refractivity (Wildman–Crippen MR) is 64.9 cm³/mol. The van der Waals surface area contributed by atoms with Crippen molar-refractivity contribution < 1.29 is 13.6 Å². The van der Waals surface area contributed by atoms with Gasteiger partial charge >= 0.3 is 8.60 Å². The van der Waals surface area contributed by atoms with Gasteiger partial charge in [0.15, 0.2) is 0 Å². The number of hydrogen-bond donors (Lipinski definition) is 0. The van der Waals surface area contributed by atoms with Crippen LogP contribution in [0.1, 0.15) is 13.8 Å². The second-order valence-electron chi connectivity index (χ2n) is 2.60. The zero-order chi connectivity index (χ0) is 11.1. The summed E-state index contributed by atoms with van der Waals surface area (Å²) in [5, 5.41) is 0. The Labute approximate surface area is 99.9 Å². The second-order valence-corrected chi connectivity index (χ2v) is 4.67. The molecule has 0 amide bonds. The first kappa shape index (κ1) is 12.9. The van der Waals surface area contributed by atoms with Crippen LogP contribution in [-0.4, -0.2) is 13.2 Å². The third kappa shape index (κ3) is 4.94. The van der Waals surface area contributed by atoms with Gasteiger partial charge < -0.3 is 13.6 Å². The summed E-state index contributed by atoms with van der Waals surface area (Å²) in [4.78, 5) is 0. The molecule has 15 heavy (non-hydrogen) atoms. The fraction of sp³-hybridized carbons (Fsp3) is 0.400. The maximum atomic E-state index is 5.55. The Balaban J connectivity index is 2.53. The third-order valence-electron chi connectivity index (χ3n) is 1.46. The first-order chi connectivity index (χ1) is 7.26. The molecule has 0 spiro atoms. The summed E-state index contributed by atoms with van der Waals surface area (Å²) in [5.41, 5.74) is 0. The summed E-state index contributed by atoms with van der Waals surface area (Å²) < 4.78 is 17.2. The first-order valence-corrected chi connectivity index (χ1v) is 6.64. The van der Waals surface area contributed by atoms with Crippen molar-refractivity contribution in [1.29, 1.82) is 0 Å². The zero-order valence-electron chi connectivity index (χ0n) is 8.77. The van der Waals surface area contributed by atoms with E-state index in [-0.39, 0.29) is 0 Å². The van der Waals surface area contributed by atoms with Crippen molar-refractivity contribution >= 4 is 24.5 Å². The zero-order valence-corrected chi connectivity index (χ0v) is 11.3. The van der Waals surface area contributed by atoms with Crippen molar-refractivity contribution in [2.24, 2.45) is 0 Å². The van der Waals surface area contributed by atoms with Gasteiger partial charge in [0.2, 0.25) is 0 Å². The lowest BCUT2D eigenvalue weighted by molar-refractivity contribution is 0.221. The van der Waals surface area contributed by atoms with Crippen LogP contribution in [0, 0.1) is 0 Å². The normalized spacial score (nSPS) is 10.7. The summed E-state index contributed by atoms with van der Waals surface area (Å²) in [6, 6.07) is 7.58. The summed E-state index contributed by atoms with van der Waals surface area (Å²) in [7, 11) is -1.26. The molecule has 0 saturated carbocycles. The molecule has 0 radical (unpaired) electrons. The molecule has 0 heterocycles. The van der Waals surface area contributed by atoms with Gasteiger partial charge in [-0.15, -0.1) is 0 Å². The van der Waals surface area contributed by atoms with Crippen LogP contribution in [0.5, 0.6) is 5.75 Å². The lowest BCUT2D eigenvalue weighted by Gasteiger charge is -2.15. The Morgan fingerprint density at radius 3 is 2.07 bits per heavy atom. The number of halogens is 1. The molecule has 0 aromatic heterocycles. The Hall–Kier alpha value is -0.150. The van der Waals surface area contributed by atoms with E-state index in [1.165, 1.54) is 0 Å². The molecule has 1 rings (SSSR count). The fourth-order valence-electron chi connectivity index (χ4n) is 0.882. The topological polar surface area (TPSA) is 27.7 Å². The Kier molecular flexibility index (Phi) is 6.18. The van der Waals surface area contributed by atoms with Gasteiger partial charge in [-0.3, -0.25) is 0 Å². The molecule has 3 nitrogen and oxygen atoms in total. The van der Waals surface area contributed by atoms with Gasteiger partial charge in [0, 0.05) is 4.47 Å². The highest BCUT2D eigenvalue weighted by Gasteiger charge is 2.12. The summed E-state index contributed by atoms with van der Waals surface area (Å²) in [5.74, 6) is 0.756. The van der Waals surface area contributed by atoms with E-state index in [1.807, 2.05) is 38.1 Å². The van der Waals surface area contributed by atoms with E-state index in [1.54, 1.807) is 0 Å². The van der Waals surface area contributed by atoms with Gasteiger partial charge in [0.05, 0.1) is 13.2 Å². The van der Waals surface area contributed by atoms with Crippen molar-refractivity contribution in [1.82, 2.24) is 0 Å². The van der Waals surface area contributed by atoms with E-state index in [2.05, 4.69) is 15.9 Å².